The summed E-state index contributed by atoms with van der Waals surface area (Å²) in [5.41, 5.74) is 5.93. The van der Waals surface area contributed by atoms with Gasteiger partial charge in [0.25, 0.3) is 0 Å². The number of hydrogen-bond donors (Lipinski definition) is 0. The SMILES string of the molecule is CCCCCc1ccc(-c2ccc(-c3ccc(-c4ccccc4)cc3)cc2)c(F)c1F. The Labute approximate surface area is 183 Å². The van der Waals surface area contributed by atoms with Crippen LogP contribution >= 0.6 is 0 Å². The number of aryl methyl sites for hydroxylation is 1. The molecule has 0 saturated heterocycles. The minimum atomic E-state index is -0.756. The third kappa shape index (κ3) is 4.74. The van der Waals surface area contributed by atoms with Gasteiger partial charge < -0.3 is 0 Å². The van der Waals surface area contributed by atoms with Crippen LogP contribution in [0.3, 0.4) is 0 Å². The summed E-state index contributed by atoms with van der Waals surface area (Å²) in [6.45, 7) is 2.10. The van der Waals surface area contributed by atoms with Crippen molar-refractivity contribution < 1.29 is 8.78 Å². The van der Waals surface area contributed by atoms with Crippen molar-refractivity contribution in [3.63, 3.8) is 0 Å². The minimum absolute atomic E-state index is 0.308. The lowest BCUT2D eigenvalue weighted by atomic mass is 9.96. The van der Waals surface area contributed by atoms with E-state index < -0.39 is 11.6 Å². The molecular formula is C29H26F2. The van der Waals surface area contributed by atoms with Gasteiger partial charge in [-0.05, 0) is 46.2 Å². The standard InChI is InChI=1S/C29H26F2/c1-2-3-5-10-26-19-20-27(29(31)28(26)30)25-17-15-24(16-18-25)23-13-11-22(12-14-23)21-8-6-4-7-9-21/h4,6-9,11-20H,2-3,5,10H2,1H3. The third-order valence-corrected chi connectivity index (χ3v) is 5.73. The summed E-state index contributed by atoms with van der Waals surface area (Å²) < 4.78 is 29.2. The first-order valence-corrected chi connectivity index (χ1v) is 10.9. The number of rotatable bonds is 7. The van der Waals surface area contributed by atoms with Crippen molar-refractivity contribution in [1.29, 1.82) is 0 Å². The Kier molecular flexibility index (Phi) is 6.57. The molecule has 0 spiro atoms. The Morgan fingerprint density at radius 1 is 0.516 bits per heavy atom. The highest BCUT2D eigenvalue weighted by molar-refractivity contribution is 5.73. The molecule has 31 heavy (non-hydrogen) atoms. The van der Waals surface area contributed by atoms with Gasteiger partial charge in [0.15, 0.2) is 11.6 Å². The zero-order valence-corrected chi connectivity index (χ0v) is 17.7. The molecule has 0 atom stereocenters. The second kappa shape index (κ2) is 9.70. The fraction of sp³-hybridized carbons (Fsp3) is 0.172. The lowest BCUT2D eigenvalue weighted by Crippen LogP contribution is -1.97. The molecule has 4 rings (SSSR count). The van der Waals surface area contributed by atoms with Gasteiger partial charge in [-0.15, -0.1) is 0 Å². The predicted molar refractivity (Wildman–Crippen MR) is 126 cm³/mol. The van der Waals surface area contributed by atoms with Gasteiger partial charge in [-0.2, -0.15) is 0 Å². The van der Waals surface area contributed by atoms with Gasteiger partial charge in [-0.3, -0.25) is 0 Å². The van der Waals surface area contributed by atoms with Crippen LogP contribution in [0.4, 0.5) is 8.78 Å². The van der Waals surface area contributed by atoms with Crippen LogP contribution in [0.5, 0.6) is 0 Å². The smallest absolute Gasteiger partial charge is 0.166 e. The average Bonchev–Trinajstić information content (AvgIpc) is 2.83. The van der Waals surface area contributed by atoms with Crippen LogP contribution in [-0.4, -0.2) is 0 Å². The summed E-state index contributed by atoms with van der Waals surface area (Å²) in [6, 6.07) is 29.7. The van der Waals surface area contributed by atoms with Gasteiger partial charge in [0.2, 0.25) is 0 Å². The van der Waals surface area contributed by atoms with E-state index in [1.165, 1.54) is 5.56 Å². The lowest BCUT2D eigenvalue weighted by Gasteiger charge is -2.10. The Balaban J connectivity index is 1.54. The Morgan fingerprint density at radius 2 is 1.03 bits per heavy atom. The quantitative estimate of drug-likeness (QED) is 0.266. The molecule has 0 bridgehead atoms. The first-order valence-electron chi connectivity index (χ1n) is 10.9. The lowest BCUT2D eigenvalue weighted by molar-refractivity contribution is 0.498. The normalized spacial score (nSPS) is 10.9. The maximum absolute atomic E-state index is 14.7. The van der Waals surface area contributed by atoms with Crippen molar-refractivity contribution in [3.05, 3.63) is 108 Å². The molecule has 4 aromatic rings. The highest BCUT2D eigenvalue weighted by Gasteiger charge is 2.14. The second-order valence-electron chi connectivity index (χ2n) is 7.88. The van der Waals surface area contributed by atoms with Crippen molar-refractivity contribution in [2.45, 2.75) is 32.6 Å². The van der Waals surface area contributed by atoms with Gasteiger partial charge in [-0.25, -0.2) is 8.78 Å². The topological polar surface area (TPSA) is 0 Å². The van der Waals surface area contributed by atoms with E-state index in [2.05, 4.69) is 43.3 Å². The van der Waals surface area contributed by atoms with E-state index >= 15 is 0 Å². The van der Waals surface area contributed by atoms with Crippen LogP contribution in [0.25, 0.3) is 33.4 Å². The molecule has 0 fully saturated rings. The maximum atomic E-state index is 14.7. The van der Waals surface area contributed by atoms with E-state index in [4.69, 9.17) is 0 Å². The zero-order chi connectivity index (χ0) is 21.6. The number of hydrogen-bond acceptors (Lipinski definition) is 0. The number of benzene rings is 4. The number of unbranched alkanes of at least 4 members (excludes halogenated alkanes) is 2. The van der Waals surface area contributed by atoms with E-state index in [0.717, 1.165) is 36.0 Å². The second-order valence-corrected chi connectivity index (χ2v) is 7.88. The van der Waals surface area contributed by atoms with E-state index in [9.17, 15) is 8.78 Å². The molecule has 0 N–H and O–H groups in total. The first kappa shape index (κ1) is 21.0. The van der Waals surface area contributed by atoms with Crippen molar-refractivity contribution >= 4 is 0 Å². The average molecular weight is 413 g/mol. The summed E-state index contributed by atoms with van der Waals surface area (Å²) in [5, 5.41) is 0. The summed E-state index contributed by atoms with van der Waals surface area (Å²) in [7, 11) is 0. The van der Waals surface area contributed by atoms with Crippen LogP contribution in [0, 0.1) is 11.6 Å². The minimum Gasteiger partial charge on any atom is -0.203 e. The molecule has 0 aliphatic rings. The Bertz CT molecular complexity index is 1130. The van der Waals surface area contributed by atoms with Crippen LogP contribution in [0.2, 0.25) is 0 Å². The Morgan fingerprint density at radius 3 is 1.58 bits per heavy atom. The maximum Gasteiger partial charge on any atom is 0.166 e. The molecule has 156 valence electrons. The molecule has 0 nitrogen and oxygen atoms in total. The molecule has 0 aliphatic carbocycles. The summed E-state index contributed by atoms with van der Waals surface area (Å²) in [6.07, 6.45) is 3.54. The van der Waals surface area contributed by atoms with Crippen LogP contribution in [-0.2, 0) is 6.42 Å². The van der Waals surface area contributed by atoms with Crippen molar-refractivity contribution in [2.24, 2.45) is 0 Å². The summed E-state index contributed by atoms with van der Waals surface area (Å²) in [4.78, 5) is 0. The van der Waals surface area contributed by atoms with Gasteiger partial charge in [0.05, 0.1) is 0 Å². The van der Waals surface area contributed by atoms with Crippen LogP contribution < -0.4 is 0 Å². The van der Waals surface area contributed by atoms with E-state index in [1.54, 1.807) is 12.1 Å². The molecule has 0 saturated carbocycles. The van der Waals surface area contributed by atoms with Crippen molar-refractivity contribution in [1.82, 2.24) is 0 Å². The van der Waals surface area contributed by atoms with Crippen LogP contribution in [0.15, 0.2) is 91.0 Å². The van der Waals surface area contributed by atoms with Gasteiger partial charge in [0.1, 0.15) is 0 Å². The molecule has 4 aromatic carbocycles. The number of halogens is 2. The van der Waals surface area contributed by atoms with E-state index in [1.807, 2.05) is 42.5 Å². The molecule has 0 radical (unpaired) electrons. The fourth-order valence-electron chi connectivity index (χ4n) is 3.90. The van der Waals surface area contributed by atoms with Gasteiger partial charge in [-0.1, -0.05) is 111 Å². The third-order valence-electron chi connectivity index (χ3n) is 5.73. The largest absolute Gasteiger partial charge is 0.203 e. The zero-order valence-electron chi connectivity index (χ0n) is 17.7. The summed E-state index contributed by atoms with van der Waals surface area (Å²) >= 11 is 0. The first-order chi connectivity index (χ1) is 15.2. The fourth-order valence-corrected chi connectivity index (χ4v) is 3.90. The monoisotopic (exact) mass is 412 g/mol. The van der Waals surface area contributed by atoms with E-state index in [0.29, 0.717) is 23.1 Å². The Hall–Kier alpha value is -3.26. The molecule has 0 unspecified atom stereocenters. The van der Waals surface area contributed by atoms with Crippen LogP contribution in [0.1, 0.15) is 31.7 Å². The molecule has 0 aromatic heterocycles. The van der Waals surface area contributed by atoms with Crippen molar-refractivity contribution in [3.8, 4) is 33.4 Å². The molecule has 0 aliphatic heterocycles. The van der Waals surface area contributed by atoms with Gasteiger partial charge >= 0.3 is 0 Å². The summed E-state index contributed by atoms with van der Waals surface area (Å²) in [5.74, 6) is -1.47. The van der Waals surface area contributed by atoms with Gasteiger partial charge in [0, 0.05) is 5.56 Å². The molecule has 0 heterocycles. The highest BCUT2D eigenvalue weighted by atomic mass is 19.2. The van der Waals surface area contributed by atoms with Crippen molar-refractivity contribution in [2.75, 3.05) is 0 Å². The van der Waals surface area contributed by atoms with E-state index in [-0.39, 0.29) is 0 Å². The molecule has 2 heteroatoms. The molecular weight excluding hydrogens is 386 g/mol. The molecule has 0 amide bonds. The highest BCUT2D eigenvalue weighted by Crippen LogP contribution is 2.30. The predicted octanol–water partition coefficient (Wildman–Crippen LogP) is 8.70.